The fraction of sp³-hybridized carbons (Fsp3) is 0.474. The molecule has 118 valence electrons. The summed E-state index contributed by atoms with van der Waals surface area (Å²) in [6, 6.07) is 8.52. The molecule has 1 saturated heterocycles. The number of fused-ring (bicyclic) bond motifs is 6. The van der Waals surface area contributed by atoms with Crippen molar-refractivity contribution >= 4 is 22.6 Å². The van der Waals surface area contributed by atoms with Gasteiger partial charge >= 0.3 is 0 Å². The second-order valence-electron chi connectivity index (χ2n) is 7.19. The van der Waals surface area contributed by atoms with Crippen molar-refractivity contribution in [2.45, 2.75) is 38.1 Å². The summed E-state index contributed by atoms with van der Waals surface area (Å²) in [4.78, 5) is 30.7. The Morgan fingerprint density at radius 3 is 2.91 bits per heavy atom. The molecule has 3 aliphatic rings. The Kier molecular flexibility index (Phi) is 2.73. The highest BCUT2D eigenvalue weighted by molar-refractivity contribution is 6.03. The summed E-state index contributed by atoms with van der Waals surface area (Å²) in [6.07, 6.45) is 4.36. The minimum atomic E-state index is -0.356. The maximum Gasteiger partial charge on any atom is 0.234 e. The molecule has 1 aromatic heterocycles. The summed E-state index contributed by atoms with van der Waals surface area (Å²) >= 11 is 0. The number of Topliss-reactive ketones (excluding diaryl/α,β-unsaturated/α-hetero) is 1. The third-order valence-corrected chi connectivity index (χ3v) is 6.05. The molecule has 5 rings (SSSR count). The third kappa shape index (κ3) is 1.78. The zero-order chi connectivity index (χ0) is 15.6. The Morgan fingerprint density at radius 1 is 1.13 bits per heavy atom. The van der Waals surface area contributed by atoms with Crippen LogP contribution in [0, 0.1) is 11.8 Å². The first kappa shape index (κ1) is 13.3. The molecule has 0 spiro atoms. The van der Waals surface area contributed by atoms with Gasteiger partial charge in [-0.2, -0.15) is 0 Å². The van der Waals surface area contributed by atoms with Crippen molar-refractivity contribution in [2.75, 3.05) is 6.54 Å². The SMILES string of the molecule is O=C1CCC[C@H]2C[C@H]3c4[nH]c5ccccc5c4CCN3C(=O)C12. The van der Waals surface area contributed by atoms with Crippen LogP contribution < -0.4 is 0 Å². The summed E-state index contributed by atoms with van der Waals surface area (Å²) in [6.45, 7) is 0.745. The van der Waals surface area contributed by atoms with E-state index >= 15 is 0 Å². The first-order valence-electron chi connectivity index (χ1n) is 8.66. The number of carbonyl (C=O) groups is 2. The van der Waals surface area contributed by atoms with E-state index in [1.807, 2.05) is 11.0 Å². The van der Waals surface area contributed by atoms with Gasteiger partial charge in [-0.05, 0) is 43.2 Å². The number of amides is 1. The molecule has 1 amide bonds. The van der Waals surface area contributed by atoms with Gasteiger partial charge < -0.3 is 9.88 Å². The van der Waals surface area contributed by atoms with Gasteiger partial charge in [0, 0.05) is 29.6 Å². The van der Waals surface area contributed by atoms with Gasteiger partial charge in [-0.25, -0.2) is 0 Å². The third-order valence-electron chi connectivity index (χ3n) is 6.05. The lowest BCUT2D eigenvalue weighted by Crippen LogP contribution is -2.53. The molecular formula is C19H20N2O2. The van der Waals surface area contributed by atoms with Crippen molar-refractivity contribution in [1.82, 2.24) is 9.88 Å². The predicted octanol–water partition coefficient (Wildman–Crippen LogP) is 2.98. The van der Waals surface area contributed by atoms with E-state index in [-0.39, 0.29) is 29.6 Å². The van der Waals surface area contributed by atoms with E-state index in [4.69, 9.17) is 0 Å². The molecule has 4 nitrogen and oxygen atoms in total. The Hall–Kier alpha value is -2.10. The Labute approximate surface area is 134 Å². The van der Waals surface area contributed by atoms with Crippen LogP contribution in [0.25, 0.3) is 10.9 Å². The van der Waals surface area contributed by atoms with Crippen molar-refractivity contribution in [3.8, 4) is 0 Å². The highest BCUT2D eigenvalue weighted by Gasteiger charge is 2.48. The van der Waals surface area contributed by atoms with Crippen LogP contribution in [0.1, 0.15) is 43.0 Å². The molecule has 0 bridgehead atoms. The van der Waals surface area contributed by atoms with E-state index in [1.165, 1.54) is 16.6 Å². The number of aromatic nitrogens is 1. The predicted molar refractivity (Wildman–Crippen MR) is 86.9 cm³/mol. The summed E-state index contributed by atoms with van der Waals surface area (Å²) in [5.74, 6) is 0.140. The maximum absolute atomic E-state index is 12.9. The summed E-state index contributed by atoms with van der Waals surface area (Å²) in [5, 5.41) is 1.29. The Bertz CT molecular complexity index is 822. The molecule has 0 radical (unpaired) electrons. The number of hydrogen-bond donors (Lipinski definition) is 1. The number of carbonyl (C=O) groups excluding carboxylic acids is 2. The topological polar surface area (TPSA) is 53.2 Å². The molecule has 1 N–H and O–H groups in total. The minimum absolute atomic E-state index is 0.0836. The number of aromatic amines is 1. The van der Waals surface area contributed by atoms with E-state index in [2.05, 4.69) is 23.2 Å². The van der Waals surface area contributed by atoms with E-state index in [0.29, 0.717) is 6.42 Å². The number of H-pyrrole nitrogens is 1. The zero-order valence-corrected chi connectivity index (χ0v) is 13.0. The lowest BCUT2D eigenvalue weighted by molar-refractivity contribution is -0.153. The molecule has 1 aliphatic carbocycles. The quantitative estimate of drug-likeness (QED) is 0.761. The molecule has 2 aromatic rings. The first-order valence-corrected chi connectivity index (χ1v) is 8.66. The van der Waals surface area contributed by atoms with Crippen molar-refractivity contribution in [3.05, 3.63) is 35.5 Å². The van der Waals surface area contributed by atoms with Crippen LogP contribution >= 0.6 is 0 Å². The minimum Gasteiger partial charge on any atom is -0.356 e. The Balaban J connectivity index is 1.60. The van der Waals surface area contributed by atoms with Gasteiger partial charge in [-0.15, -0.1) is 0 Å². The monoisotopic (exact) mass is 308 g/mol. The van der Waals surface area contributed by atoms with Crippen molar-refractivity contribution in [1.29, 1.82) is 0 Å². The summed E-state index contributed by atoms with van der Waals surface area (Å²) in [7, 11) is 0. The van der Waals surface area contributed by atoms with Gasteiger partial charge in [-0.1, -0.05) is 18.2 Å². The normalized spacial score (nSPS) is 30.1. The van der Waals surface area contributed by atoms with E-state index in [1.54, 1.807) is 0 Å². The lowest BCUT2D eigenvalue weighted by Gasteiger charge is -2.46. The van der Waals surface area contributed by atoms with Gasteiger partial charge in [0.1, 0.15) is 5.78 Å². The van der Waals surface area contributed by atoms with Crippen LogP contribution in [-0.4, -0.2) is 28.1 Å². The van der Waals surface area contributed by atoms with Gasteiger partial charge in [0.15, 0.2) is 0 Å². The number of hydrogen-bond acceptors (Lipinski definition) is 2. The van der Waals surface area contributed by atoms with Gasteiger partial charge in [0.05, 0.1) is 12.0 Å². The maximum atomic E-state index is 12.9. The number of nitrogens with zero attached hydrogens (tertiary/aromatic N) is 1. The molecule has 3 atom stereocenters. The van der Waals surface area contributed by atoms with E-state index in [9.17, 15) is 9.59 Å². The molecule has 1 unspecified atom stereocenters. The number of piperidine rings is 1. The average Bonchev–Trinajstić information content (AvgIpc) is 2.94. The molecule has 2 aliphatic heterocycles. The van der Waals surface area contributed by atoms with E-state index in [0.717, 1.165) is 37.7 Å². The highest BCUT2D eigenvalue weighted by Crippen LogP contribution is 2.46. The van der Waals surface area contributed by atoms with Crippen LogP contribution in [0.5, 0.6) is 0 Å². The van der Waals surface area contributed by atoms with Crippen LogP contribution in [0.4, 0.5) is 0 Å². The summed E-state index contributed by atoms with van der Waals surface area (Å²) in [5.41, 5.74) is 3.74. The first-order chi connectivity index (χ1) is 11.2. The van der Waals surface area contributed by atoms with Crippen molar-refractivity contribution < 1.29 is 9.59 Å². The van der Waals surface area contributed by atoms with Crippen LogP contribution in [0.3, 0.4) is 0 Å². The second kappa shape index (κ2) is 4.70. The smallest absolute Gasteiger partial charge is 0.234 e. The second-order valence-corrected chi connectivity index (χ2v) is 7.19. The van der Waals surface area contributed by atoms with E-state index < -0.39 is 0 Å². The molecule has 23 heavy (non-hydrogen) atoms. The molecule has 4 heteroatoms. The van der Waals surface area contributed by atoms with Gasteiger partial charge in [-0.3, -0.25) is 9.59 Å². The van der Waals surface area contributed by atoms with Crippen LogP contribution in [0.2, 0.25) is 0 Å². The number of para-hydroxylation sites is 1. The fourth-order valence-electron chi connectivity index (χ4n) is 5.01. The zero-order valence-electron chi connectivity index (χ0n) is 13.0. The number of nitrogens with one attached hydrogen (secondary N) is 1. The fourth-order valence-corrected chi connectivity index (χ4v) is 5.01. The number of benzene rings is 1. The number of ketones is 1. The molecular weight excluding hydrogens is 288 g/mol. The highest BCUT2D eigenvalue weighted by atomic mass is 16.2. The van der Waals surface area contributed by atoms with Crippen molar-refractivity contribution in [2.24, 2.45) is 11.8 Å². The number of rotatable bonds is 0. The standard InChI is InChI=1S/C19H20N2O2/c22-16-7-3-4-11-10-15-18-13(8-9-21(15)19(23)17(11)16)12-5-1-2-6-14(12)20-18/h1-2,5-6,11,15,17,20H,3-4,7-10H2/t11-,15-,17?/m0/s1. The molecule has 1 saturated carbocycles. The van der Waals surface area contributed by atoms with Crippen LogP contribution in [-0.2, 0) is 16.0 Å². The molecule has 2 fully saturated rings. The van der Waals surface area contributed by atoms with Gasteiger partial charge in [0.25, 0.3) is 0 Å². The van der Waals surface area contributed by atoms with Crippen molar-refractivity contribution in [3.63, 3.8) is 0 Å². The van der Waals surface area contributed by atoms with Crippen LogP contribution in [0.15, 0.2) is 24.3 Å². The average molecular weight is 308 g/mol. The summed E-state index contributed by atoms with van der Waals surface area (Å²) < 4.78 is 0. The lowest BCUT2D eigenvalue weighted by atomic mass is 9.70. The molecule has 1 aromatic carbocycles. The van der Waals surface area contributed by atoms with Gasteiger partial charge in [0.2, 0.25) is 5.91 Å². The largest absolute Gasteiger partial charge is 0.356 e. The Morgan fingerprint density at radius 2 is 2.00 bits per heavy atom. The molecule has 3 heterocycles.